The van der Waals surface area contributed by atoms with Gasteiger partial charge in [-0.2, -0.15) is 0 Å². The average molecular weight is 289 g/mol. The number of aryl methyl sites for hydroxylation is 1. The molecule has 3 heterocycles. The second-order valence-electron chi connectivity index (χ2n) is 5.44. The van der Waals surface area contributed by atoms with Crippen LogP contribution in [-0.4, -0.2) is 14.0 Å². The first-order chi connectivity index (χ1) is 10.7. The minimum absolute atomic E-state index is 0.0180. The Morgan fingerprint density at radius 2 is 1.82 bits per heavy atom. The van der Waals surface area contributed by atoms with Crippen LogP contribution in [0.4, 0.5) is 0 Å². The number of nitrogens with zero attached hydrogens (tertiary/aromatic N) is 3. The summed E-state index contributed by atoms with van der Waals surface area (Å²) in [7, 11) is 0. The maximum atomic E-state index is 12.6. The van der Waals surface area contributed by atoms with Crippen LogP contribution in [0.15, 0.2) is 65.6 Å². The van der Waals surface area contributed by atoms with Gasteiger partial charge >= 0.3 is 0 Å². The average Bonchev–Trinajstić information content (AvgIpc) is 2.86. The Hall–Kier alpha value is -2.88. The molecule has 0 unspecified atom stereocenters. The van der Waals surface area contributed by atoms with Gasteiger partial charge in [0.25, 0.3) is 5.56 Å². The summed E-state index contributed by atoms with van der Waals surface area (Å²) in [4.78, 5) is 17.3. The van der Waals surface area contributed by atoms with E-state index in [0.717, 1.165) is 11.3 Å². The minimum atomic E-state index is -0.0180. The summed E-state index contributed by atoms with van der Waals surface area (Å²) < 4.78 is 3.69. The number of aromatic nitrogens is 3. The molecule has 0 bridgehead atoms. The van der Waals surface area contributed by atoms with E-state index in [1.165, 1.54) is 5.56 Å². The molecule has 1 aromatic carbocycles. The molecule has 0 saturated carbocycles. The molecule has 0 radical (unpaired) electrons. The molecule has 0 aliphatic heterocycles. The van der Waals surface area contributed by atoms with Crippen LogP contribution in [0.2, 0.25) is 0 Å². The van der Waals surface area contributed by atoms with Gasteiger partial charge in [-0.15, -0.1) is 0 Å². The van der Waals surface area contributed by atoms with Gasteiger partial charge in [0.2, 0.25) is 0 Å². The fourth-order valence-electron chi connectivity index (χ4n) is 2.84. The van der Waals surface area contributed by atoms with Crippen molar-refractivity contribution in [3.63, 3.8) is 0 Å². The number of hydrogen-bond donors (Lipinski definition) is 0. The highest BCUT2D eigenvalue weighted by Gasteiger charge is 2.12. The third-order valence-corrected chi connectivity index (χ3v) is 3.97. The van der Waals surface area contributed by atoms with E-state index in [4.69, 9.17) is 0 Å². The lowest BCUT2D eigenvalue weighted by atomic mass is 10.2. The van der Waals surface area contributed by atoms with Crippen molar-refractivity contribution < 1.29 is 0 Å². The van der Waals surface area contributed by atoms with Crippen molar-refractivity contribution >= 4 is 16.7 Å². The van der Waals surface area contributed by atoms with Gasteiger partial charge in [0.1, 0.15) is 11.3 Å². The van der Waals surface area contributed by atoms with Crippen molar-refractivity contribution in [3.05, 3.63) is 82.4 Å². The van der Waals surface area contributed by atoms with Crippen LogP contribution < -0.4 is 5.56 Å². The van der Waals surface area contributed by atoms with Gasteiger partial charge in [0.05, 0.1) is 5.39 Å². The molecule has 22 heavy (non-hydrogen) atoms. The largest absolute Gasteiger partial charge is 0.325 e. The molecular formula is C18H15N3O. The Morgan fingerprint density at radius 3 is 2.64 bits per heavy atom. The maximum absolute atomic E-state index is 12.6. The zero-order chi connectivity index (χ0) is 15.1. The third-order valence-electron chi connectivity index (χ3n) is 3.97. The first-order valence-electron chi connectivity index (χ1n) is 7.25. The first kappa shape index (κ1) is 12.8. The molecule has 4 rings (SSSR count). The van der Waals surface area contributed by atoms with E-state index in [1.807, 2.05) is 49.4 Å². The minimum Gasteiger partial charge on any atom is -0.325 e. The smallest absolute Gasteiger partial charge is 0.267 e. The SMILES string of the molecule is Cc1cc2c(=O)n3ccccc3nc2n1Cc1ccccc1. The molecule has 4 heteroatoms. The van der Waals surface area contributed by atoms with Crippen LogP contribution in [0.5, 0.6) is 0 Å². The molecule has 0 atom stereocenters. The highest BCUT2D eigenvalue weighted by Crippen LogP contribution is 2.17. The lowest BCUT2D eigenvalue weighted by Gasteiger charge is -2.08. The van der Waals surface area contributed by atoms with Crippen molar-refractivity contribution in [1.29, 1.82) is 0 Å². The predicted octanol–water partition coefficient (Wildman–Crippen LogP) is 3.01. The first-order valence-corrected chi connectivity index (χ1v) is 7.25. The normalized spacial score (nSPS) is 11.3. The van der Waals surface area contributed by atoms with Crippen LogP contribution in [-0.2, 0) is 6.54 Å². The van der Waals surface area contributed by atoms with Gasteiger partial charge in [-0.1, -0.05) is 36.4 Å². The molecule has 4 nitrogen and oxygen atoms in total. The number of rotatable bonds is 2. The molecule has 0 fully saturated rings. The summed E-state index contributed by atoms with van der Waals surface area (Å²) >= 11 is 0. The Morgan fingerprint density at radius 1 is 1.05 bits per heavy atom. The highest BCUT2D eigenvalue weighted by atomic mass is 16.1. The van der Waals surface area contributed by atoms with Crippen molar-refractivity contribution in [2.75, 3.05) is 0 Å². The second kappa shape index (κ2) is 4.84. The van der Waals surface area contributed by atoms with E-state index in [9.17, 15) is 4.79 Å². The van der Waals surface area contributed by atoms with Crippen molar-refractivity contribution in [3.8, 4) is 0 Å². The fourth-order valence-corrected chi connectivity index (χ4v) is 2.84. The molecule has 3 aromatic heterocycles. The van der Waals surface area contributed by atoms with E-state index >= 15 is 0 Å². The molecule has 0 spiro atoms. The number of pyridine rings is 1. The van der Waals surface area contributed by atoms with Crippen LogP contribution in [0.3, 0.4) is 0 Å². The van der Waals surface area contributed by atoms with E-state index in [2.05, 4.69) is 21.7 Å². The Labute approximate surface area is 127 Å². The van der Waals surface area contributed by atoms with Crippen LogP contribution in [0.25, 0.3) is 16.7 Å². The monoisotopic (exact) mass is 289 g/mol. The maximum Gasteiger partial charge on any atom is 0.267 e. The summed E-state index contributed by atoms with van der Waals surface area (Å²) in [5, 5.41) is 0.664. The van der Waals surface area contributed by atoms with Crippen LogP contribution in [0, 0.1) is 6.92 Å². The highest BCUT2D eigenvalue weighted by molar-refractivity contribution is 5.78. The molecule has 4 aromatic rings. The summed E-state index contributed by atoms with van der Waals surface area (Å²) in [5.74, 6) is 0. The molecule has 0 aliphatic carbocycles. The van der Waals surface area contributed by atoms with E-state index in [1.54, 1.807) is 10.6 Å². The molecule has 108 valence electrons. The van der Waals surface area contributed by atoms with Gasteiger partial charge in [-0.05, 0) is 30.7 Å². The third kappa shape index (κ3) is 1.92. The van der Waals surface area contributed by atoms with Crippen LogP contribution >= 0.6 is 0 Å². The fraction of sp³-hybridized carbons (Fsp3) is 0.111. The number of hydrogen-bond acceptors (Lipinski definition) is 2. The Kier molecular flexibility index (Phi) is 2.82. The lowest BCUT2D eigenvalue weighted by Crippen LogP contribution is -2.15. The number of benzene rings is 1. The molecule has 0 saturated heterocycles. The molecule has 0 N–H and O–H groups in total. The molecular weight excluding hydrogens is 274 g/mol. The van der Waals surface area contributed by atoms with E-state index in [0.29, 0.717) is 17.6 Å². The zero-order valence-electron chi connectivity index (χ0n) is 12.2. The summed E-state index contributed by atoms with van der Waals surface area (Å²) in [6.07, 6.45) is 1.76. The molecule has 0 aliphatic rings. The van der Waals surface area contributed by atoms with Crippen molar-refractivity contribution in [2.45, 2.75) is 13.5 Å². The standard InChI is InChI=1S/C18H15N3O/c1-13-11-15-17(21(13)12-14-7-3-2-4-8-14)19-16-9-5-6-10-20(16)18(15)22/h2-11H,12H2,1H3. The summed E-state index contributed by atoms with van der Waals surface area (Å²) in [6.45, 7) is 2.73. The van der Waals surface area contributed by atoms with Crippen molar-refractivity contribution in [2.24, 2.45) is 0 Å². The second-order valence-corrected chi connectivity index (χ2v) is 5.44. The quantitative estimate of drug-likeness (QED) is 0.569. The Bertz CT molecular complexity index is 1030. The van der Waals surface area contributed by atoms with E-state index in [-0.39, 0.29) is 5.56 Å². The summed E-state index contributed by atoms with van der Waals surface area (Å²) in [6, 6.07) is 17.7. The number of fused-ring (bicyclic) bond motifs is 2. The van der Waals surface area contributed by atoms with E-state index < -0.39 is 0 Å². The van der Waals surface area contributed by atoms with Gasteiger partial charge in [0, 0.05) is 18.4 Å². The Balaban J connectivity index is 1.99. The predicted molar refractivity (Wildman–Crippen MR) is 87.2 cm³/mol. The van der Waals surface area contributed by atoms with Gasteiger partial charge in [-0.25, -0.2) is 4.98 Å². The van der Waals surface area contributed by atoms with Gasteiger partial charge in [-0.3, -0.25) is 9.20 Å². The van der Waals surface area contributed by atoms with Gasteiger partial charge < -0.3 is 4.57 Å². The zero-order valence-corrected chi connectivity index (χ0v) is 12.2. The molecule has 0 amide bonds. The van der Waals surface area contributed by atoms with Crippen molar-refractivity contribution in [1.82, 2.24) is 14.0 Å². The topological polar surface area (TPSA) is 39.3 Å². The van der Waals surface area contributed by atoms with Crippen LogP contribution in [0.1, 0.15) is 11.3 Å². The summed E-state index contributed by atoms with van der Waals surface area (Å²) in [5.41, 5.74) is 3.64. The van der Waals surface area contributed by atoms with Gasteiger partial charge in [0.15, 0.2) is 0 Å². The lowest BCUT2D eigenvalue weighted by molar-refractivity contribution is 0.794.